The molecule has 0 bridgehead atoms. The maximum atomic E-state index is 12.2. The lowest BCUT2D eigenvalue weighted by Crippen LogP contribution is -2.45. The van der Waals surface area contributed by atoms with Crippen LogP contribution in [0.4, 0.5) is 5.69 Å². The molecule has 3 nitrogen and oxygen atoms in total. The van der Waals surface area contributed by atoms with Gasteiger partial charge in [-0.05, 0) is 42.7 Å². The summed E-state index contributed by atoms with van der Waals surface area (Å²) in [6, 6.07) is 9.07. The Kier molecular flexibility index (Phi) is 6.62. The molecule has 1 atom stereocenters. The summed E-state index contributed by atoms with van der Waals surface area (Å²) in [6.07, 6.45) is 4.94. The van der Waals surface area contributed by atoms with Crippen molar-refractivity contribution in [2.24, 2.45) is 0 Å². The molecule has 1 saturated heterocycles. The minimum absolute atomic E-state index is 0.302. The summed E-state index contributed by atoms with van der Waals surface area (Å²) in [5.41, 5.74) is 2.52. The maximum Gasteiger partial charge on any atom is 0.223 e. The maximum absolute atomic E-state index is 12.2. The lowest BCUT2D eigenvalue weighted by Gasteiger charge is -2.34. The Morgan fingerprint density at radius 1 is 1.36 bits per heavy atom. The van der Waals surface area contributed by atoms with Crippen LogP contribution < -0.4 is 5.32 Å². The van der Waals surface area contributed by atoms with Gasteiger partial charge in [0.05, 0.1) is 0 Å². The summed E-state index contributed by atoms with van der Waals surface area (Å²) in [7, 11) is 0. The zero-order chi connectivity index (χ0) is 15.9. The van der Waals surface area contributed by atoms with E-state index in [1.807, 2.05) is 4.90 Å². The summed E-state index contributed by atoms with van der Waals surface area (Å²) in [5, 5.41) is 3.59. The van der Waals surface area contributed by atoms with E-state index >= 15 is 0 Å². The van der Waals surface area contributed by atoms with Crippen LogP contribution in [0.3, 0.4) is 0 Å². The standard InChI is InChI=1S/C18H28N2OS/c1-14(2)15-6-8-16(9-7-15)19-17-5-4-11-20(13-17)18(21)10-12-22-3/h6-9,14,17,19H,4-5,10-13H2,1-3H3. The number of likely N-dealkylation sites (tertiary alicyclic amines) is 1. The van der Waals surface area contributed by atoms with E-state index in [0.29, 0.717) is 24.3 Å². The van der Waals surface area contributed by atoms with Gasteiger partial charge in [0.25, 0.3) is 0 Å². The van der Waals surface area contributed by atoms with Crippen LogP contribution in [0.1, 0.15) is 44.6 Å². The van der Waals surface area contributed by atoms with Crippen molar-refractivity contribution in [2.75, 3.05) is 30.4 Å². The number of benzene rings is 1. The smallest absolute Gasteiger partial charge is 0.223 e. The molecule has 0 radical (unpaired) electrons. The number of piperidine rings is 1. The van der Waals surface area contributed by atoms with E-state index in [2.05, 4.69) is 49.7 Å². The van der Waals surface area contributed by atoms with Crippen LogP contribution in [-0.2, 0) is 4.79 Å². The van der Waals surface area contributed by atoms with E-state index in [-0.39, 0.29) is 0 Å². The van der Waals surface area contributed by atoms with Crippen molar-refractivity contribution < 1.29 is 4.79 Å². The summed E-state index contributed by atoms with van der Waals surface area (Å²) in [6.45, 7) is 6.17. The average molecular weight is 321 g/mol. The first kappa shape index (κ1) is 17.2. The van der Waals surface area contributed by atoms with Gasteiger partial charge in [0.1, 0.15) is 0 Å². The molecule has 1 fully saturated rings. The van der Waals surface area contributed by atoms with Crippen LogP contribution in [0.5, 0.6) is 0 Å². The van der Waals surface area contributed by atoms with Crippen molar-refractivity contribution in [3.8, 4) is 0 Å². The molecule has 0 saturated carbocycles. The van der Waals surface area contributed by atoms with Crippen molar-refractivity contribution in [1.82, 2.24) is 4.90 Å². The number of hydrogen-bond acceptors (Lipinski definition) is 3. The number of thioether (sulfide) groups is 1. The Morgan fingerprint density at radius 2 is 2.09 bits per heavy atom. The molecular formula is C18H28N2OS. The van der Waals surface area contributed by atoms with Gasteiger partial charge in [-0.1, -0.05) is 26.0 Å². The van der Waals surface area contributed by atoms with Gasteiger partial charge in [0.2, 0.25) is 5.91 Å². The molecule has 1 amide bonds. The zero-order valence-corrected chi connectivity index (χ0v) is 14.8. The molecule has 1 aromatic rings. The van der Waals surface area contributed by atoms with E-state index < -0.39 is 0 Å². The van der Waals surface area contributed by atoms with Crippen LogP contribution in [0.15, 0.2) is 24.3 Å². The minimum Gasteiger partial charge on any atom is -0.381 e. The van der Waals surface area contributed by atoms with Crippen LogP contribution in [0.25, 0.3) is 0 Å². The summed E-state index contributed by atoms with van der Waals surface area (Å²) < 4.78 is 0. The number of carbonyl (C=O) groups excluding carboxylic acids is 1. The number of nitrogens with zero attached hydrogens (tertiary/aromatic N) is 1. The molecule has 122 valence electrons. The van der Waals surface area contributed by atoms with Crippen LogP contribution in [0, 0.1) is 0 Å². The summed E-state index contributed by atoms with van der Waals surface area (Å²) in [5.74, 6) is 1.79. The number of amides is 1. The van der Waals surface area contributed by atoms with Crippen LogP contribution in [0.2, 0.25) is 0 Å². The quantitative estimate of drug-likeness (QED) is 0.861. The molecule has 1 aliphatic rings. The molecule has 2 rings (SSSR count). The number of hydrogen-bond donors (Lipinski definition) is 1. The highest BCUT2D eigenvalue weighted by Gasteiger charge is 2.23. The second-order valence-corrected chi connectivity index (χ2v) is 7.33. The van der Waals surface area contributed by atoms with Crippen molar-refractivity contribution in [3.63, 3.8) is 0 Å². The summed E-state index contributed by atoms with van der Waals surface area (Å²) >= 11 is 1.74. The topological polar surface area (TPSA) is 32.3 Å². The molecule has 1 unspecified atom stereocenters. The van der Waals surface area contributed by atoms with Gasteiger partial charge in [-0.2, -0.15) is 11.8 Å². The molecule has 1 aliphatic heterocycles. The Balaban J connectivity index is 1.88. The first-order valence-corrected chi connectivity index (χ1v) is 9.62. The van der Waals surface area contributed by atoms with Crippen LogP contribution >= 0.6 is 11.8 Å². The third-order valence-corrected chi connectivity index (χ3v) is 4.85. The van der Waals surface area contributed by atoms with Crippen molar-refractivity contribution in [1.29, 1.82) is 0 Å². The van der Waals surface area contributed by atoms with Gasteiger partial charge in [0, 0.05) is 37.0 Å². The largest absolute Gasteiger partial charge is 0.381 e. The first-order chi connectivity index (χ1) is 10.6. The highest BCUT2D eigenvalue weighted by atomic mass is 32.2. The lowest BCUT2D eigenvalue weighted by atomic mass is 10.0. The molecule has 0 spiro atoms. The molecule has 1 N–H and O–H groups in total. The number of carbonyl (C=O) groups is 1. The molecule has 1 aromatic carbocycles. The third-order valence-electron chi connectivity index (χ3n) is 4.24. The molecule has 4 heteroatoms. The summed E-state index contributed by atoms with van der Waals surface area (Å²) in [4.78, 5) is 14.2. The number of rotatable bonds is 6. The molecule has 1 heterocycles. The predicted molar refractivity (Wildman–Crippen MR) is 96.8 cm³/mol. The normalized spacial score (nSPS) is 18.5. The minimum atomic E-state index is 0.302. The highest BCUT2D eigenvalue weighted by Crippen LogP contribution is 2.20. The fourth-order valence-corrected chi connectivity index (χ4v) is 3.25. The Morgan fingerprint density at radius 3 is 2.73 bits per heavy atom. The second-order valence-electron chi connectivity index (χ2n) is 6.34. The van der Waals surface area contributed by atoms with Gasteiger partial charge in [-0.3, -0.25) is 4.79 Å². The fraction of sp³-hybridized carbons (Fsp3) is 0.611. The monoisotopic (exact) mass is 320 g/mol. The molecule has 22 heavy (non-hydrogen) atoms. The number of nitrogens with one attached hydrogen (secondary N) is 1. The van der Waals surface area contributed by atoms with Gasteiger partial charge in [0.15, 0.2) is 0 Å². The van der Waals surface area contributed by atoms with E-state index in [9.17, 15) is 4.79 Å². The zero-order valence-electron chi connectivity index (χ0n) is 14.0. The van der Waals surface area contributed by atoms with Crippen molar-refractivity contribution >= 4 is 23.4 Å². The second kappa shape index (κ2) is 8.47. The Bertz CT molecular complexity index is 472. The molecular weight excluding hydrogens is 292 g/mol. The van der Waals surface area contributed by atoms with Gasteiger partial charge >= 0.3 is 0 Å². The average Bonchev–Trinajstić information content (AvgIpc) is 2.53. The SMILES string of the molecule is CSCCC(=O)N1CCCC(Nc2ccc(C(C)C)cc2)C1. The number of anilines is 1. The predicted octanol–water partition coefficient (Wildman–Crippen LogP) is 3.97. The van der Waals surface area contributed by atoms with Crippen molar-refractivity contribution in [2.45, 2.75) is 45.1 Å². The van der Waals surface area contributed by atoms with Crippen molar-refractivity contribution in [3.05, 3.63) is 29.8 Å². The highest BCUT2D eigenvalue weighted by molar-refractivity contribution is 7.98. The van der Waals surface area contributed by atoms with Crippen LogP contribution in [-0.4, -0.2) is 41.9 Å². The third kappa shape index (κ3) is 4.94. The Hall–Kier alpha value is -1.16. The van der Waals surface area contributed by atoms with E-state index in [1.165, 1.54) is 5.56 Å². The van der Waals surface area contributed by atoms with E-state index in [1.54, 1.807) is 11.8 Å². The fourth-order valence-electron chi connectivity index (χ4n) is 2.87. The first-order valence-electron chi connectivity index (χ1n) is 8.23. The van der Waals surface area contributed by atoms with Gasteiger partial charge in [-0.25, -0.2) is 0 Å². The van der Waals surface area contributed by atoms with E-state index in [0.717, 1.165) is 37.4 Å². The Labute approximate surface area is 138 Å². The lowest BCUT2D eigenvalue weighted by molar-refractivity contribution is -0.131. The molecule has 0 aromatic heterocycles. The van der Waals surface area contributed by atoms with Gasteiger partial charge < -0.3 is 10.2 Å². The van der Waals surface area contributed by atoms with E-state index in [4.69, 9.17) is 0 Å². The van der Waals surface area contributed by atoms with Gasteiger partial charge in [-0.15, -0.1) is 0 Å². The molecule has 0 aliphatic carbocycles.